The number of hydrogen-bond acceptors (Lipinski definition) is 7. The van der Waals surface area contributed by atoms with Crippen molar-refractivity contribution in [3.05, 3.63) is 72.6 Å². The summed E-state index contributed by atoms with van der Waals surface area (Å²) in [6, 6.07) is 15.5. The zero-order valence-corrected chi connectivity index (χ0v) is 28.9. The molecule has 0 aliphatic carbocycles. The summed E-state index contributed by atoms with van der Waals surface area (Å²) in [7, 11) is -4.09. The molecule has 5 rings (SSSR count). The number of carboxylic acids is 1. The molecule has 11 nitrogen and oxygen atoms in total. The zero-order chi connectivity index (χ0) is 34.3. The first-order chi connectivity index (χ1) is 23.0. The molecule has 13 heteroatoms. The van der Waals surface area contributed by atoms with Gasteiger partial charge in [-0.15, -0.1) is 11.3 Å². The van der Waals surface area contributed by atoms with Crippen molar-refractivity contribution in [3.63, 3.8) is 0 Å². The minimum absolute atomic E-state index is 0.0111. The van der Waals surface area contributed by atoms with Crippen LogP contribution in [0.15, 0.2) is 71.2 Å². The molecule has 0 radical (unpaired) electrons. The van der Waals surface area contributed by atoms with Gasteiger partial charge < -0.3 is 20.3 Å². The minimum atomic E-state index is -4.09. The summed E-state index contributed by atoms with van der Waals surface area (Å²) < 4.78 is 31.2. The molecule has 2 amide bonds. The first-order valence-electron chi connectivity index (χ1n) is 16.4. The van der Waals surface area contributed by atoms with E-state index < -0.39 is 46.3 Å². The Kier molecular flexibility index (Phi) is 11.7. The van der Waals surface area contributed by atoms with Crippen molar-refractivity contribution in [2.45, 2.75) is 69.2 Å². The quantitative estimate of drug-likeness (QED) is 0.175. The monoisotopic (exact) mass is 693 g/mol. The van der Waals surface area contributed by atoms with Crippen molar-refractivity contribution < 1.29 is 27.9 Å². The van der Waals surface area contributed by atoms with E-state index in [0.29, 0.717) is 17.1 Å². The van der Waals surface area contributed by atoms with Gasteiger partial charge >= 0.3 is 5.97 Å². The average Bonchev–Trinajstić information content (AvgIpc) is 3.70. The van der Waals surface area contributed by atoms with Gasteiger partial charge in [-0.1, -0.05) is 51.0 Å². The molecule has 0 spiro atoms. The molecule has 4 aromatic rings. The Morgan fingerprint density at radius 2 is 1.81 bits per heavy atom. The van der Waals surface area contributed by atoms with Gasteiger partial charge in [-0.3, -0.25) is 19.4 Å². The topological polar surface area (TPSA) is 159 Å². The Hall–Kier alpha value is -4.07. The van der Waals surface area contributed by atoms with Gasteiger partial charge in [0.25, 0.3) is 0 Å². The largest absolute Gasteiger partial charge is 0.481 e. The third kappa shape index (κ3) is 8.69. The van der Waals surface area contributed by atoms with Crippen LogP contribution < -0.4 is 15.4 Å². The number of carbonyl (C=O) groups is 3. The Morgan fingerprint density at radius 3 is 2.56 bits per heavy atom. The van der Waals surface area contributed by atoms with Crippen LogP contribution in [-0.2, 0) is 37.4 Å². The molecule has 4 N–H and O–H groups in total. The lowest BCUT2D eigenvalue weighted by atomic mass is 9.84. The maximum absolute atomic E-state index is 14.0. The fourth-order valence-corrected chi connectivity index (χ4v) is 8.61. The normalized spacial score (nSPS) is 17.5. The number of para-hydroxylation sites is 1. The van der Waals surface area contributed by atoms with E-state index in [2.05, 4.69) is 24.9 Å². The fourth-order valence-electron chi connectivity index (χ4n) is 6.22. The highest BCUT2D eigenvalue weighted by Gasteiger charge is 2.37. The van der Waals surface area contributed by atoms with Crippen LogP contribution in [0.3, 0.4) is 0 Å². The summed E-state index contributed by atoms with van der Waals surface area (Å²) in [5.74, 6) is -4.80. The van der Waals surface area contributed by atoms with E-state index in [1.54, 1.807) is 30.5 Å². The molecule has 1 aromatic carbocycles. The van der Waals surface area contributed by atoms with Gasteiger partial charge in [0.1, 0.15) is 10.3 Å². The molecule has 0 fully saturated rings. The van der Waals surface area contributed by atoms with E-state index in [1.807, 2.05) is 44.3 Å². The number of benzene rings is 1. The highest BCUT2D eigenvalue weighted by atomic mass is 32.2. The van der Waals surface area contributed by atoms with Gasteiger partial charge in [0.2, 0.25) is 21.8 Å². The lowest BCUT2D eigenvalue weighted by molar-refractivity contribution is -0.147. The lowest BCUT2D eigenvalue weighted by Gasteiger charge is -2.27. The number of rotatable bonds is 11. The summed E-state index contributed by atoms with van der Waals surface area (Å²) in [4.78, 5) is 45.1. The van der Waals surface area contributed by atoms with Crippen LogP contribution in [0.5, 0.6) is 0 Å². The lowest BCUT2D eigenvalue weighted by Crippen LogP contribution is -2.52. The molecule has 3 atom stereocenters. The van der Waals surface area contributed by atoms with E-state index in [1.165, 1.54) is 6.07 Å². The number of hydrogen-bond donors (Lipinski definition) is 4. The number of amides is 2. The number of pyridine rings is 1. The van der Waals surface area contributed by atoms with Crippen LogP contribution in [0.1, 0.15) is 51.5 Å². The van der Waals surface area contributed by atoms with Gasteiger partial charge in [-0.25, -0.2) is 13.1 Å². The van der Waals surface area contributed by atoms with Gasteiger partial charge in [-0.2, -0.15) is 0 Å². The van der Waals surface area contributed by atoms with Crippen molar-refractivity contribution >= 4 is 50.0 Å². The summed E-state index contributed by atoms with van der Waals surface area (Å²) in [6.45, 7) is 4.57. The molecule has 0 saturated carbocycles. The second-order valence-electron chi connectivity index (χ2n) is 12.7. The van der Waals surface area contributed by atoms with Crippen molar-refractivity contribution in [2.75, 3.05) is 13.1 Å². The third-order valence-corrected chi connectivity index (χ3v) is 11.7. The van der Waals surface area contributed by atoms with Gasteiger partial charge in [-0.05, 0) is 61.1 Å². The molecule has 0 saturated heterocycles. The molecule has 256 valence electrons. The highest BCUT2D eigenvalue weighted by Crippen LogP contribution is 2.30. The molecule has 1 unspecified atom stereocenters. The Balaban J connectivity index is 1.37. The Labute approximate surface area is 285 Å². The number of nitrogens with zero attached hydrogens (tertiary/aromatic N) is 2. The van der Waals surface area contributed by atoms with Crippen LogP contribution in [0.4, 0.5) is 0 Å². The average molecular weight is 694 g/mol. The highest BCUT2D eigenvalue weighted by molar-refractivity contribution is 7.91. The molecular weight excluding hydrogens is 651 g/mol. The first-order valence-corrected chi connectivity index (χ1v) is 18.7. The van der Waals surface area contributed by atoms with Gasteiger partial charge in [0.15, 0.2) is 0 Å². The van der Waals surface area contributed by atoms with Crippen LogP contribution in [0, 0.1) is 17.8 Å². The van der Waals surface area contributed by atoms with Crippen molar-refractivity contribution in [2.24, 2.45) is 17.8 Å². The number of aliphatic carboxylic acids is 1. The van der Waals surface area contributed by atoms with E-state index >= 15 is 0 Å². The number of aryl methyl sites for hydroxylation is 1. The Bertz CT molecular complexity index is 1840. The van der Waals surface area contributed by atoms with E-state index in [-0.39, 0.29) is 28.9 Å². The van der Waals surface area contributed by atoms with Gasteiger partial charge in [0, 0.05) is 49.4 Å². The fraction of sp³-hybridized carbons (Fsp3) is 0.429. The van der Waals surface area contributed by atoms with Crippen molar-refractivity contribution in [1.82, 2.24) is 24.9 Å². The molecule has 1 aliphatic rings. The first kappa shape index (κ1) is 35.2. The molecule has 4 heterocycles. The summed E-state index contributed by atoms with van der Waals surface area (Å²) in [5, 5.41) is 17.1. The maximum Gasteiger partial charge on any atom is 0.308 e. The van der Waals surface area contributed by atoms with Gasteiger partial charge in [0.05, 0.1) is 22.4 Å². The molecule has 48 heavy (non-hydrogen) atoms. The molecular formula is C35H43N5O6S2. The number of fused-ring (bicyclic) bond motifs is 5. The second-order valence-corrected chi connectivity index (χ2v) is 15.8. The van der Waals surface area contributed by atoms with Crippen LogP contribution in [0.2, 0.25) is 0 Å². The Morgan fingerprint density at radius 1 is 1.04 bits per heavy atom. The summed E-state index contributed by atoms with van der Waals surface area (Å²) >= 11 is 1.02. The smallest absolute Gasteiger partial charge is 0.308 e. The molecule has 3 aromatic heterocycles. The van der Waals surface area contributed by atoms with E-state index in [0.717, 1.165) is 60.0 Å². The zero-order valence-electron chi connectivity index (χ0n) is 27.2. The second kappa shape index (κ2) is 15.9. The number of thiophene rings is 1. The number of nitrogens with one attached hydrogen (secondary N) is 3. The maximum atomic E-state index is 14.0. The third-order valence-electron chi connectivity index (χ3n) is 8.67. The SMILES string of the molecule is CC(C)C[C@@H](C(=O)N[C@H]1Cc2cn(c3ccccc23)CCCCCCNC1=O)C(CNS(=O)(=O)c1ccc(-c2ccccn2)s1)C(=O)O. The predicted molar refractivity (Wildman–Crippen MR) is 186 cm³/mol. The van der Waals surface area contributed by atoms with Crippen molar-refractivity contribution in [3.8, 4) is 10.6 Å². The number of aromatic nitrogens is 2. The standard InChI is InChI=1S/C35H43N5O6S2/c1-23(2)19-26(27(35(43)44)21-38-48(45,46)32-15-14-31(47-32)28-12-7-9-16-36-28)33(41)39-29-20-24-22-40(30-13-6-5-11-25(24)30)18-10-4-3-8-17-37-34(29)42/h5-7,9,11-16,22-23,26-27,29,38H,3-4,8,10,17-21H2,1-2H3,(H,37,42)(H,39,41)(H,43,44)/t26-,27?,29+/m1/s1. The number of carboxylic acid groups (broad SMARTS) is 1. The van der Waals surface area contributed by atoms with Crippen LogP contribution in [-0.4, -0.2) is 60.0 Å². The number of sulfonamides is 1. The summed E-state index contributed by atoms with van der Waals surface area (Å²) in [5.41, 5.74) is 2.59. The van der Waals surface area contributed by atoms with Crippen molar-refractivity contribution in [1.29, 1.82) is 0 Å². The minimum Gasteiger partial charge on any atom is -0.481 e. The van der Waals surface area contributed by atoms with E-state index in [9.17, 15) is 27.9 Å². The summed E-state index contributed by atoms with van der Waals surface area (Å²) in [6.07, 6.45) is 7.89. The number of carbonyl (C=O) groups excluding carboxylic acids is 2. The van der Waals surface area contributed by atoms with E-state index in [4.69, 9.17) is 0 Å². The van der Waals surface area contributed by atoms with Crippen LogP contribution >= 0.6 is 11.3 Å². The van der Waals surface area contributed by atoms with Crippen LogP contribution in [0.25, 0.3) is 21.5 Å². The predicted octanol–water partition coefficient (Wildman–Crippen LogP) is 4.82. The molecule has 2 bridgehead atoms. The molecule has 1 aliphatic heterocycles.